The average molecular weight is 325 g/mol. The molecule has 1 atom stereocenters. The number of aliphatic hydroxyl groups is 1. The number of aliphatic hydroxyl groups excluding tert-OH is 1. The molecule has 22 heavy (non-hydrogen) atoms. The lowest BCUT2D eigenvalue weighted by Gasteiger charge is -2.44. The number of hydrogen-bond acceptors (Lipinski definition) is 5. The molecule has 0 spiro atoms. The summed E-state index contributed by atoms with van der Waals surface area (Å²) >= 11 is 5.96. The van der Waals surface area contributed by atoms with E-state index in [1.807, 2.05) is 12.1 Å². The van der Waals surface area contributed by atoms with Crippen molar-refractivity contribution in [1.82, 2.24) is 15.1 Å². The summed E-state index contributed by atoms with van der Waals surface area (Å²) in [5, 5.41) is 13.5. The SMILES string of the molecule is OCCN1CCNC(N2CCN(c3ccc(Cl)cc3)CC2)C1. The summed E-state index contributed by atoms with van der Waals surface area (Å²) in [6.07, 6.45) is 0.410. The van der Waals surface area contributed by atoms with Crippen LogP contribution in [0.25, 0.3) is 0 Å². The highest BCUT2D eigenvalue weighted by Gasteiger charge is 2.27. The highest BCUT2D eigenvalue weighted by Crippen LogP contribution is 2.20. The van der Waals surface area contributed by atoms with Gasteiger partial charge in [-0.2, -0.15) is 0 Å². The lowest BCUT2D eigenvalue weighted by molar-refractivity contribution is 0.0697. The molecule has 2 aliphatic heterocycles. The van der Waals surface area contributed by atoms with Gasteiger partial charge in [0, 0.05) is 63.1 Å². The van der Waals surface area contributed by atoms with E-state index in [1.54, 1.807) is 0 Å². The zero-order valence-electron chi connectivity index (χ0n) is 12.9. The van der Waals surface area contributed by atoms with Gasteiger partial charge in [0.1, 0.15) is 0 Å². The molecule has 2 heterocycles. The minimum Gasteiger partial charge on any atom is -0.395 e. The lowest BCUT2D eigenvalue weighted by atomic mass is 10.2. The molecule has 5 nitrogen and oxygen atoms in total. The molecule has 0 bridgehead atoms. The number of rotatable bonds is 4. The van der Waals surface area contributed by atoms with Crippen molar-refractivity contribution in [3.05, 3.63) is 29.3 Å². The summed E-state index contributed by atoms with van der Waals surface area (Å²) in [7, 11) is 0. The van der Waals surface area contributed by atoms with Crippen molar-refractivity contribution >= 4 is 17.3 Å². The van der Waals surface area contributed by atoms with Gasteiger partial charge in [-0.05, 0) is 24.3 Å². The zero-order valence-corrected chi connectivity index (χ0v) is 13.7. The third-order valence-corrected chi connectivity index (χ3v) is 4.85. The number of nitrogens with one attached hydrogen (secondary N) is 1. The molecule has 0 aliphatic carbocycles. The molecule has 2 fully saturated rings. The van der Waals surface area contributed by atoms with Crippen LogP contribution >= 0.6 is 11.6 Å². The van der Waals surface area contributed by atoms with Crippen molar-refractivity contribution in [1.29, 1.82) is 0 Å². The van der Waals surface area contributed by atoms with E-state index in [9.17, 15) is 0 Å². The van der Waals surface area contributed by atoms with Crippen molar-refractivity contribution in [3.63, 3.8) is 0 Å². The Balaban J connectivity index is 1.52. The third-order valence-electron chi connectivity index (χ3n) is 4.60. The molecule has 0 aromatic heterocycles. The van der Waals surface area contributed by atoms with Gasteiger partial charge in [0.2, 0.25) is 0 Å². The number of halogens is 1. The number of anilines is 1. The quantitative estimate of drug-likeness (QED) is 0.853. The second-order valence-corrected chi connectivity index (χ2v) is 6.43. The number of benzene rings is 1. The predicted molar refractivity (Wildman–Crippen MR) is 90.6 cm³/mol. The first kappa shape index (κ1) is 16.0. The van der Waals surface area contributed by atoms with E-state index in [2.05, 4.69) is 32.1 Å². The summed E-state index contributed by atoms with van der Waals surface area (Å²) in [5.41, 5.74) is 1.25. The van der Waals surface area contributed by atoms with Crippen LogP contribution < -0.4 is 10.2 Å². The van der Waals surface area contributed by atoms with Gasteiger partial charge in [0.15, 0.2) is 0 Å². The van der Waals surface area contributed by atoms with Crippen LogP contribution in [0.15, 0.2) is 24.3 Å². The molecular formula is C16H25ClN4O. The van der Waals surface area contributed by atoms with Crippen LogP contribution in [-0.2, 0) is 0 Å². The Morgan fingerprint density at radius 2 is 1.82 bits per heavy atom. The Hall–Kier alpha value is -0.850. The van der Waals surface area contributed by atoms with Crippen molar-refractivity contribution in [2.45, 2.75) is 6.17 Å². The standard InChI is InChI=1S/C16H25ClN4O/c17-14-1-3-15(4-2-14)20-7-9-21(10-8-20)16-13-19(11-12-22)6-5-18-16/h1-4,16,18,22H,5-13H2. The normalized spacial score (nSPS) is 24.6. The summed E-state index contributed by atoms with van der Waals surface area (Å²) < 4.78 is 0. The van der Waals surface area contributed by atoms with Gasteiger partial charge in [-0.1, -0.05) is 11.6 Å². The summed E-state index contributed by atoms with van der Waals surface area (Å²) in [5.74, 6) is 0. The second-order valence-electron chi connectivity index (χ2n) is 5.99. The van der Waals surface area contributed by atoms with E-state index in [4.69, 9.17) is 16.7 Å². The lowest BCUT2D eigenvalue weighted by Crippen LogP contribution is -2.62. The van der Waals surface area contributed by atoms with Crippen molar-refractivity contribution in [2.75, 3.05) is 63.9 Å². The first-order valence-corrected chi connectivity index (χ1v) is 8.45. The Labute approximate surface area is 137 Å². The topological polar surface area (TPSA) is 42.0 Å². The highest BCUT2D eigenvalue weighted by atomic mass is 35.5. The molecule has 3 rings (SSSR count). The largest absolute Gasteiger partial charge is 0.395 e. The minimum atomic E-state index is 0.247. The van der Waals surface area contributed by atoms with Crippen molar-refractivity contribution < 1.29 is 5.11 Å². The van der Waals surface area contributed by atoms with Gasteiger partial charge in [-0.3, -0.25) is 15.1 Å². The smallest absolute Gasteiger partial charge is 0.0730 e. The Morgan fingerprint density at radius 1 is 1.09 bits per heavy atom. The molecule has 6 heteroatoms. The van der Waals surface area contributed by atoms with Gasteiger partial charge in [0.25, 0.3) is 0 Å². The molecule has 0 radical (unpaired) electrons. The van der Waals surface area contributed by atoms with Gasteiger partial charge < -0.3 is 10.0 Å². The molecule has 1 aromatic rings. The van der Waals surface area contributed by atoms with Crippen LogP contribution in [0.1, 0.15) is 0 Å². The summed E-state index contributed by atoms with van der Waals surface area (Å²) in [6, 6.07) is 8.11. The molecule has 0 amide bonds. The molecule has 1 unspecified atom stereocenters. The average Bonchev–Trinajstić information content (AvgIpc) is 2.56. The van der Waals surface area contributed by atoms with Gasteiger partial charge in [0.05, 0.1) is 12.8 Å². The Morgan fingerprint density at radius 3 is 2.50 bits per heavy atom. The summed E-state index contributed by atoms with van der Waals surface area (Å²) in [4.78, 5) is 7.28. The van der Waals surface area contributed by atoms with Crippen LogP contribution in [0.4, 0.5) is 5.69 Å². The molecule has 2 saturated heterocycles. The van der Waals surface area contributed by atoms with E-state index >= 15 is 0 Å². The minimum absolute atomic E-state index is 0.247. The zero-order chi connectivity index (χ0) is 15.4. The van der Waals surface area contributed by atoms with E-state index in [-0.39, 0.29) is 6.61 Å². The molecule has 122 valence electrons. The number of nitrogens with zero attached hydrogens (tertiary/aromatic N) is 3. The van der Waals surface area contributed by atoms with E-state index in [1.165, 1.54) is 5.69 Å². The Bertz CT molecular complexity index is 460. The first-order chi connectivity index (χ1) is 10.8. The second kappa shape index (κ2) is 7.62. The predicted octanol–water partition coefficient (Wildman–Crippen LogP) is 0.686. The molecular weight excluding hydrogens is 300 g/mol. The number of piperazine rings is 2. The van der Waals surface area contributed by atoms with Gasteiger partial charge in [-0.25, -0.2) is 0 Å². The maximum atomic E-state index is 9.10. The number of β-amino-alcohol motifs (C(OH)–C–C–N with tert-alkyl or cyclic N) is 1. The third kappa shape index (κ3) is 3.91. The monoisotopic (exact) mass is 324 g/mol. The van der Waals surface area contributed by atoms with Gasteiger partial charge >= 0.3 is 0 Å². The molecule has 0 saturated carbocycles. The van der Waals surface area contributed by atoms with Crippen LogP contribution in [0.5, 0.6) is 0 Å². The Kier molecular flexibility index (Phi) is 5.55. The van der Waals surface area contributed by atoms with Crippen LogP contribution in [0, 0.1) is 0 Å². The van der Waals surface area contributed by atoms with Crippen LogP contribution in [0.3, 0.4) is 0 Å². The van der Waals surface area contributed by atoms with Gasteiger partial charge in [-0.15, -0.1) is 0 Å². The molecule has 2 N–H and O–H groups in total. The molecule has 1 aromatic carbocycles. The maximum absolute atomic E-state index is 9.10. The molecule has 2 aliphatic rings. The van der Waals surface area contributed by atoms with E-state index in [0.29, 0.717) is 6.17 Å². The van der Waals surface area contributed by atoms with Crippen LogP contribution in [0.2, 0.25) is 5.02 Å². The summed E-state index contributed by atoms with van der Waals surface area (Å²) in [6.45, 7) is 8.27. The fourth-order valence-corrected chi connectivity index (χ4v) is 3.45. The fourth-order valence-electron chi connectivity index (χ4n) is 3.32. The van der Waals surface area contributed by atoms with E-state index < -0.39 is 0 Å². The van der Waals surface area contributed by atoms with Crippen molar-refractivity contribution in [2.24, 2.45) is 0 Å². The number of hydrogen-bond donors (Lipinski definition) is 2. The highest BCUT2D eigenvalue weighted by molar-refractivity contribution is 6.30. The maximum Gasteiger partial charge on any atom is 0.0730 e. The fraction of sp³-hybridized carbons (Fsp3) is 0.625. The van der Waals surface area contributed by atoms with Crippen LogP contribution in [-0.4, -0.2) is 80.0 Å². The first-order valence-electron chi connectivity index (χ1n) is 8.07. The van der Waals surface area contributed by atoms with E-state index in [0.717, 1.165) is 57.4 Å². The van der Waals surface area contributed by atoms with Crippen molar-refractivity contribution in [3.8, 4) is 0 Å².